The molecule has 7 heteroatoms. The Morgan fingerprint density at radius 3 is 3.00 bits per heavy atom. The van der Waals surface area contributed by atoms with E-state index in [0.717, 1.165) is 12.1 Å². The highest BCUT2D eigenvalue weighted by Crippen LogP contribution is 2.29. The van der Waals surface area contributed by atoms with Crippen LogP contribution in [0, 0.1) is 17.8 Å². The maximum absolute atomic E-state index is 12.7. The van der Waals surface area contributed by atoms with Crippen LogP contribution in [-0.4, -0.2) is 57.4 Å². The molecule has 1 aromatic rings. The molecule has 5 aliphatic rings. The van der Waals surface area contributed by atoms with Gasteiger partial charge in [0.05, 0.1) is 0 Å². The van der Waals surface area contributed by atoms with Gasteiger partial charge in [-0.1, -0.05) is 5.92 Å². The Hall–Kier alpha value is -2.98. The lowest BCUT2D eigenvalue weighted by molar-refractivity contribution is 0.0751. The van der Waals surface area contributed by atoms with Crippen LogP contribution in [0.2, 0.25) is 0 Å². The molecule has 5 aliphatic heterocycles. The van der Waals surface area contributed by atoms with Gasteiger partial charge in [0, 0.05) is 43.0 Å². The Labute approximate surface area is 164 Å². The molecule has 2 atom stereocenters. The molecule has 1 unspecified atom stereocenters. The monoisotopic (exact) mass is 377 g/mol. The Balaban J connectivity index is 1.22. The highest BCUT2D eigenvalue weighted by Gasteiger charge is 2.35. The number of nitrogens with zero attached hydrogens (tertiary/aromatic N) is 4. The molecule has 0 saturated carbocycles. The number of urea groups is 1. The first-order valence-electron chi connectivity index (χ1n) is 9.80. The summed E-state index contributed by atoms with van der Waals surface area (Å²) in [5.41, 5.74) is 0.940. The van der Waals surface area contributed by atoms with E-state index in [-0.39, 0.29) is 18.2 Å². The number of piperidine rings is 3. The number of carbonyl (C=O) groups excluding carboxylic acids is 1. The second-order valence-electron chi connectivity index (χ2n) is 7.62. The van der Waals surface area contributed by atoms with Crippen LogP contribution < -0.4 is 5.32 Å². The van der Waals surface area contributed by atoms with Crippen LogP contribution in [0.5, 0.6) is 0 Å². The van der Waals surface area contributed by atoms with E-state index in [9.17, 15) is 4.79 Å². The minimum Gasteiger partial charge on any atom is -0.473 e. The van der Waals surface area contributed by atoms with Crippen LogP contribution in [0.4, 0.5) is 4.79 Å². The number of ether oxygens (including phenoxy) is 1. The maximum atomic E-state index is 12.7. The van der Waals surface area contributed by atoms with Crippen LogP contribution in [0.25, 0.3) is 0 Å². The van der Waals surface area contributed by atoms with Gasteiger partial charge in [0.2, 0.25) is 0 Å². The van der Waals surface area contributed by atoms with E-state index in [1.807, 2.05) is 30.6 Å². The molecule has 1 aromatic heterocycles. The third kappa shape index (κ3) is 3.43. The summed E-state index contributed by atoms with van der Waals surface area (Å²) in [4.78, 5) is 16.8. The maximum Gasteiger partial charge on any atom is 0.325 e. The minimum absolute atomic E-state index is 0.0763. The average Bonchev–Trinajstić information content (AvgIpc) is 3.37. The van der Waals surface area contributed by atoms with E-state index in [1.165, 1.54) is 25.9 Å². The Morgan fingerprint density at radius 1 is 1.36 bits per heavy atom. The zero-order chi connectivity index (χ0) is 18.9. The summed E-state index contributed by atoms with van der Waals surface area (Å²) in [7, 11) is 0. The van der Waals surface area contributed by atoms with Crippen molar-refractivity contribution >= 4 is 6.03 Å². The number of carbonyl (C=O) groups is 1. The lowest BCUT2D eigenvalue weighted by atomic mass is 9.84. The van der Waals surface area contributed by atoms with E-state index >= 15 is 0 Å². The van der Waals surface area contributed by atoms with Gasteiger partial charge < -0.3 is 15.0 Å². The molecule has 0 aromatic carbocycles. The van der Waals surface area contributed by atoms with Gasteiger partial charge >= 0.3 is 6.03 Å². The summed E-state index contributed by atoms with van der Waals surface area (Å²) < 4.78 is 7.60. The van der Waals surface area contributed by atoms with Gasteiger partial charge in [0.25, 0.3) is 0 Å². The minimum atomic E-state index is -0.171. The molecule has 3 fully saturated rings. The summed E-state index contributed by atoms with van der Waals surface area (Å²) in [6, 6.07) is 2.04. The van der Waals surface area contributed by atoms with Crippen molar-refractivity contribution in [1.82, 2.24) is 24.9 Å². The van der Waals surface area contributed by atoms with Crippen molar-refractivity contribution < 1.29 is 9.53 Å². The smallest absolute Gasteiger partial charge is 0.325 e. The zero-order valence-electron chi connectivity index (χ0n) is 15.6. The largest absolute Gasteiger partial charge is 0.473 e. The first kappa shape index (κ1) is 17.1. The van der Waals surface area contributed by atoms with Crippen molar-refractivity contribution in [2.45, 2.75) is 31.5 Å². The van der Waals surface area contributed by atoms with E-state index in [4.69, 9.17) is 4.74 Å². The molecule has 6 heterocycles. The number of fused-ring (bicyclic) bond motifs is 4. The molecule has 2 bridgehead atoms. The average molecular weight is 377 g/mol. The Bertz CT molecular complexity index is 897. The zero-order valence-corrected chi connectivity index (χ0v) is 15.6. The SMILES string of the molecule is O=C(N[C@H]1CN2CCC1CC2)N1C=CC2OC(C#CCn3cccn3)=CC2=C1. The van der Waals surface area contributed by atoms with Gasteiger partial charge in [-0.05, 0) is 56.0 Å². The highest BCUT2D eigenvalue weighted by molar-refractivity contribution is 5.77. The molecule has 0 spiro atoms. The van der Waals surface area contributed by atoms with Crippen molar-refractivity contribution in [2.75, 3.05) is 19.6 Å². The topological polar surface area (TPSA) is 62.6 Å². The first-order valence-corrected chi connectivity index (χ1v) is 9.80. The molecule has 6 rings (SSSR count). The van der Waals surface area contributed by atoms with E-state index < -0.39 is 0 Å². The van der Waals surface area contributed by atoms with E-state index in [2.05, 4.69) is 27.2 Å². The van der Waals surface area contributed by atoms with Gasteiger partial charge in [0.15, 0.2) is 5.76 Å². The van der Waals surface area contributed by atoms with Crippen molar-refractivity contribution in [3.05, 3.63) is 54.3 Å². The van der Waals surface area contributed by atoms with Gasteiger partial charge in [0.1, 0.15) is 12.6 Å². The second kappa shape index (κ2) is 7.21. The highest BCUT2D eigenvalue weighted by atomic mass is 16.5. The normalized spacial score (nSPS) is 29.9. The van der Waals surface area contributed by atoms with Crippen LogP contribution in [0.1, 0.15) is 12.8 Å². The fraction of sp³-hybridized carbons (Fsp3) is 0.429. The number of amides is 2. The molecule has 0 radical (unpaired) electrons. The van der Waals surface area contributed by atoms with Crippen LogP contribution >= 0.6 is 0 Å². The van der Waals surface area contributed by atoms with Crippen LogP contribution in [0.15, 0.2) is 54.3 Å². The van der Waals surface area contributed by atoms with Crippen molar-refractivity contribution in [3.8, 4) is 11.8 Å². The summed E-state index contributed by atoms with van der Waals surface area (Å²) in [6.45, 7) is 3.81. The van der Waals surface area contributed by atoms with Gasteiger partial charge in [-0.15, -0.1) is 0 Å². The second-order valence-corrected chi connectivity index (χ2v) is 7.62. The fourth-order valence-corrected chi connectivity index (χ4v) is 4.26. The quantitative estimate of drug-likeness (QED) is 0.797. The van der Waals surface area contributed by atoms with Crippen LogP contribution in [-0.2, 0) is 11.3 Å². The van der Waals surface area contributed by atoms with Crippen molar-refractivity contribution in [1.29, 1.82) is 0 Å². The Morgan fingerprint density at radius 2 is 2.25 bits per heavy atom. The summed E-state index contributed by atoms with van der Waals surface area (Å²) >= 11 is 0. The Kier molecular flexibility index (Phi) is 4.41. The lowest BCUT2D eigenvalue weighted by Crippen LogP contribution is -2.58. The number of hydrogen-bond donors (Lipinski definition) is 1. The molecule has 0 aliphatic carbocycles. The van der Waals surface area contributed by atoms with Gasteiger partial charge in [-0.2, -0.15) is 5.10 Å². The van der Waals surface area contributed by atoms with E-state index in [1.54, 1.807) is 22.0 Å². The van der Waals surface area contributed by atoms with E-state index in [0.29, 0.717) is 18.2 Å². The standard InChI is InChI=1S/C21H23N5O2/c27-21(23-19-15-24-10-4-16(19)5-11-24)25-12-6-20-17(14-25)13-18(28-20)3-1-8-26-9-2-7-22-26/h2,6-7,9,12-14,16,19-20H,4-5,8,10-11,15H2,(H,23,27)/t19-,20?/m0/s1. The number of aromatic nitrogens is 2. The third-order valence-corrected chi connectivity index (χ3v) is 5.80. The van der Waals surface area contributed by atoms with Crippen LogP contribution in [0.3, 0.4) is 0 Å². The third-order valence-electron chi connectivity index (χ3n) is 5.80. The number of nitrogens with one attached hydrogen (secondary N) is 1. The molecular weight excluding hydrogens is 354 g/mol. The number of rotatable bonds is 2. The predicted octanol–water partition coefficient (Wildman–Crippen LogP) is 1.69. The molecule has 3 saturated heterocycles. The molecular formula is C21H23N5O2. The fourth-order valence-electron chi connectivity index (χ4n) is 4.26. The molecule has 144 valence electrons. The number of hydrogen-bond acceptors (Lipinski definition) is 4. The van der Waals surface area contributed by atoms with Crippen molar-refractivity contribution in [2.24, 2.45) is 5.92 Å². The molecule has 2 amide bonds. The molecule has 1 N–H and O–H groups in total. The summed E-state index contributed by atoms with van der Waals surface area (Å²) in [5, 5.41) is 7.33. The molecule has 7 nitrogen and oxygen atoms in total. The van der Waals surface area contributed by atoms with Gasteiger partial charge in [-0.3, -0.25) is 9.58 Å². The first-order chi connectivity index (χ1) is 13.7. The number of allylic oxidation sites excluding steroid dienone is 1. The van der Waals surface area contributed by atoms with Crippen molar-refractivity contribution in [3.63, 3.8) is 0 Å². The molecule has 28 heavy (non-hydrogen) atoms. The predicted molar refractivity (Wildman–Crippen MR) is 104 cm³/mol. The lowest BCUT2D eigenvalue weighted by Gasteiger charge is -2.45. The summed E-state index contributed by atoms with van der Waals surface area (Å²) in [6.07, 6.45) is 13.2. The van der Waals surface area contributed by atoms with Gasteiger partial charge in [-0.25, -0.2) is 4.79 Å². The summed E-state index contributed by atoms with van der Waals surface area (Å²) in [5.74, 6) is 7.31.